The maximum atomic E-state index is 12.4. The molecule has 5 rings (SSSR count). The summed E-state index contributed by atoms with van der Waals surface area (Å²) in [4.78, 5) is 17.1. The highest BCUT2D eigenvalue weighted by atomic mass is 16.5. The zero-order valence-electron chi connectivity index (χ0n) is 16.0. The molecule has 3 aromatic rings. The lowest BCUT2D eigenvalue weighted by atomic mass is 9.88. The molecule has 142 valence electrons. The molecular formula is C23H22N2O3. The average Bonchev–Trinajstić information content (AvgIpc) is 2.96. The van der Waals surface area contributed by atoms with Gasteiger partial charge in [-0.15, -0.1) is 0 Å². The van der Waals surface area contributed by atoms with E-state index in [1.807, 2.05) is 31.3 Å². The Hall–Kier alpha value is -3.08. The van der Waals surface area contributed by atoms with Gasteiger partial charge in [0.25, 0.3) is 0 Å². The van der Waals surface area contributed by atoms with E-state index in [1.165, 1.54) is 7.11 Å². The van der Waals surface area contributed by atoms with Gasteiger partial charge in [0.2, 0.25) is 0 Å². The van der Waals surface area contributed by atoms with Crippen LogP contribution in [0.15, 0.2) is 48.2 Å². The van der Waals surface area contributed by atoms with Crippen LogP contribution >= 0.6 is 0 Å². The fraction of sp³-hybridized carbons (Fsp3) is 0.304. The molecule has 0 fully saturated rings. The van der Waals surface area contributed by atoms with Crippen molar-refractivity contribution in [2.45, 2.75) is 32.3 Å². The van der Waals surface area contributed by atoms with Crippen molar-refractivity contribution < 1.29 is 14.3 Å². The van der Waals surface area contributed by atoms with E-state index < -0.39 is 5.97 Å². The molecule has 0 spiro atoms. The number of methoxy groups -OCH3 is 1. The van der Waals surface area contributed by atoms with Crippen LogP contribution in [-0.2, 0) is 9.47 Å². The molecule has 2 unspecified atom stereocenters. The number of carbonyl (C=O) groups is 1. The second kappa shape index (κ2) is 6.51. The molecule has 2 atom stereocenters. The Kier molecular flexibility index (Phi) is 3.97. The predicted octanol–water partition coefficient (Wildman–Crippen LogP) is 5.22. The highest BCUT2D eigenvalue weighted by molar-refractivity contribution is 6.11. The van der Waals surface area contributed by atoms with E-state index in [2.05, 4.69) is 28.9 Å². The summed E-state index contributed by atoms with van der Waals surface area (Å²) < 4.78 is 13.5. The fourth-order valence-corrected chi connectivity index (χ4v) is 4.44. The van der Waals surface area contributed by atoms with Gasteiger partial charge in [0.1, 0.15) is 23.3 Å². The van der Waals surface area contributed by atoms with Crippen LogP contribution in [0.3, 0.4) is 0 Å². The Bertz CT molecular complexity index is 1160. The molecule has 28 heavy (non-hydrogen) atoms. The van der Waals surface area contributed by atoms with Gasteiger partial charge in [0.05, 0.1) is 18.1 Å². The summed E-state index contributed by atoms with van der Waals surface area (Å²) >= 11 is 0. The summed E-state index contributed by atoms with van der Waals surface area (Å²) in [5.41, 5.74) is 3.21. The Morgan fingerprint density at radius 3 is 2.93 bits per heavy atom. The fourth-order valence-electron chi connectivity index (χ4n) is 4.44. The van der Waals surface area contributed by atoms with Gasteiger partial charge in [0, 0.05) is 22.9 Å². The molecule has 1 aromatic carbocycles. The van der Waals surface area contributed by atoms with Gasteiger partial charge < -0.3 is 14.0 Å². The lowest BCUT2D eigenvalue weighted by Gasteiger charge is -2.27. The number of esters is 1. The number of allylic oxidation sites excluding steroid dienone is 2. The van der Waals surface area contributed by atoms with Gasteiger partial charge in [-0.25, -0.2) is 9.78 Å². The number of pyridine rings is 1. The first-order valence-electron chi connectivity index (χ1n) is 9.71. The molecule has 0 N–H and O–H groups in total. The van der Waals surface area contributed by atoms with Gasteiger partial charge in [-0.05, 0) is 38.3 Å². The smallest absolute Gasteiger partial charge is 0.356 e. The van der Waals surface area contributed by atoms with Gasteiger partial charge >= 0.3 is 5.97 Å². The topological polar surface area (TPSA) is 53.4 Å². The number of ether oxygens (including phenoxy) is 2. The molecule has 0 saturated carbocycles. The summed E-state index contributed by atoms with van der Waals surface area (Å²) in [6.45, 7) is 1.98. The quantitative estimate of drug-likeness (QED) is 0.456. The Morgan fingerprint density at radius 1 is 1.29 bits per heavy atom. The van der Waals surface area contributed by atoms with Gasteiger partial charge in [0.15, 0.2) is 0 Å². The molecule has 5 nitrogen and oxygen atoms in total. The minimum Gasteiger partial charge on any atom is -0.487 e. The molecule has 0 saturated heterocycles. The molecule has 0 amide bonds. The third-order valence-corrected chi connectivity index (χ3v) is 5.68. The van der Waals surface area contributed by atoms with Gasteiger partial charge in [-0.1, -0.05) is 30.4 Å². The number of hydrogen-bond acceptors (Lipinski definition) is 4. The number of aromatic nitrogens is 2. The lowest BCUT2D eigenvalue weighted by Crippen LogP contribution is -2.18. The Balaban J connectivity index is 1.87. The van der Waals surface area contributed by atoms with Crippen LogP contribution in [0.2, 0.25) is 0 Å². The third kappa shape index (κ3) is 2.53. The van der Waals surface area contributed by atoms with Crippen LogP contribution in [0.5, 0.6) is 0 Å². The van der Waals surface area contributed by atoms with Crippen molar-refractivity contribution in [3.05, 3.63) is 59.6 Å². The second-order valence-corrected chi connectivity index (χ2v) is 7.47. The number of carbonyl (C=O) groups excluding carboxylic acids is 1. The van der Waals surface area contributed by atoms with E-state index in [1.54, 1.807) is 0 Å². The SMILES string of the molecule is COC(=O)c1cc2c3ccccc3n3c2c(n1)C(C1C=CCCC1)OC(C)=C3. The van der Waals surface area contributed by atoms with E-state index >= 15 is 0 Å². The largest absolute Gasteiger partial charge is 0.487 e. The van der Waals surface area contributed by atoms with Crippen LogP contribution in [0.1, 0.15) is 48.5 Å². The van der Waals surface area contributed by atoms with Crippen LogP contribution in [0, 0.1) is 5.92 Å². The van der Waals surface area contributed by atoms with E-state index in [0.717, 1.165) is 52.5 Å². The summed E-state index contributed by atoms with van der Waals surface area (Å²) in [6.07, 6.45) is 9.53. The lowest BCUT2D eigenvalue weighted by molar-refractivity contribution is 0.0588. The van der Waals surface area contributed by atoms with Crippen LogP contribution in [0.25, 0.3) is 28.0 Å². The summed E-state index contributed by atoms with van der Waals surface area (Å²) in [6, 6.07) is 10.0. The Labute approximate surface area is 163 Å². The number of fused-ring (bicyclic) bond motifs is 3. The molecule has 2 aromatic heterocycles. The number of para-hydroxylation sites is 1. The second-order valence-electron chi connectivity index (χ2n) is 7.47. The number of benzene rings is 1. The average molecular weight is 374 g/mol. The van der Waals surface area contributed by atoms with E-state index in [4.69, 9.17) is 14.5 Å². The predicted molar refractivity (Wildman–Crippen MR) is 109 cm³/mol. The van der Waals surface area contributed by atoms with Crippen molar-refractivity contribution in [1.29, 1.82) is 0 Å². The van der Waals surface area contributed by atoms with Crippen LogP contribution < -0.4 is 0 Å². The molecule has 2 aliphatic rings. The molecule has 3 heterocycles. The van der Waals surface area contributed by atoms with Crippen molar-refractivity contribution in [2.75, 3.05) is 7.11 Å². The molecule has 1 aliphatic heterocycles. The first-order chi connectivity index (χ1) is 13.7. The minimum absolute atomic E-state index is 0.227. The number of nitrogens with zero attached hydrogens (tertiary/aromatic N) is 2. The summed E-state index contributed by atoms with van der Waals surface area (Å²) in [5.74, 6) is 0.636. The first-order valence-corrected chi connectivity index (χ1v) is 9.71. The van der Waals surface area contributed by atoms with Crippen LogP contribution in [-0.4, -0.2) is 22.6 Å². The zero-order chi connectivity index (χ0) is 19.3. The third-order valence-electron chi connectivity index (χ3n) is 5.68. The number of hydrogen-bond donors (Lipinski definition) is 0. The van der Waals surface area contributed by atoms with Crippen molar-refractivity contribution in [3.8, 4) is 0 Å². The minimum atomic E-state index is -0.429. The normalized spacial score (nSPS) is 21.3. The highest BCUT2D eigenvalue weighted by Gasteiger charge is 2.32. The Morgan fingerprint density at radius 2 is 2.14 bits per heavy atom. The molecule has 0 bridgehead atoms. The highest BCUT2D eigenvalue weighted by Crippen LogP contribution is 2.42. The van der Waals surface area contributed by atoms with E-state index in [-0.39, 0.29) is 12.0 Å². The maximum absolute atomic E-state index is 12.4. The summed E-state index contributed by atoms with van der Waals surface area (Å²) in [7, 11) is 1.39. The molecule has 1 aliphatic carbocycles. The maximum Gasteiger partial charge on any atom is 0.356 e. The zero-order valence-corrected chi connectivity index (χ0v) is 16.0. The van der Waals surface area contributed by atoms with Crippen molar-refractivity contribution >= 4 is 34.0 Å². The standard InChI is InChI=1S/C23H22N2O3/c1-14-13-25-19-11-7-6-10-16(19)17-12-18(23(26)27-2)24-20(21(17)25)22(28-14)15-8-4-3-5-9-15/h4,6-8,10-13,15,22H,3,5,9H2,1-2H3. The van der Waals surface area contributed by atoms with Crippen LogP contribution in [0.4, 0.5) is 0 Å². The van der Waals surface area contributed by atoms with Gasteiger partial charge in [-0.3, -0.25) is 0 Å². The molecule has 0 radical (unpaired) electrons. The first kappa shape index (κ1) is 17.0. The van der Waals surface area contributed by atoms with Crippen molar-refractivity contribution in [2.24, 2.45) is 5.92 Å². The van der Waals surface area contributed by atoms with Crippen molar-refractivity contribution in [1.82, 2.24) is 9.55 Å². The molecule has 5 heteroatoms. The summed E-state index contributed by atoms with van der Waals surface area (Å²) in [5, 5.41) is 2.09. The monoisotopic (exact) mass is 374 g/mol. The van der Waals surface area contributed by atoms with E-state index in [0.29, 0.717) is 5.69 Å². The number of rotatable bonds is 2. The van der Waals surface area contributed by atoms with Gasteiger partial charge in [-0.2, -0.15) is 0 Å². The van der Waals surface area contributed by atoms with E-state index in [9.17, 15) is 4.79 Å². The molecular weight excluding hydrogens is 352 g/mol. The van der Waals surface area contributed by atoms with Crippen molar-refractivity contribution in [3.63, 3.8) is 0 Å².